The first-order valence-electron chi connectivity index (χ1n) is 6.34. The van der Waals surface area contributed by atoms with Crippen molar-refractivity contribution in [3.63, 3.8) is 0 Å². The third-order valence-corrected chi connectivity index (χ3v) is 2.33. The quantitative estimate of drug-likeness (QED) is 0.668. The molecule has 0 bridgehead atoms. The van der Waals surface area contributed by atoms with Crippen molar-refractivity contribution in [2.24, 2.45) is 5.92 Å². The van der Waals surface area contributed by atoms with Crippen LogP contribution in [0.4, 0.5) is 0 Å². The maximum atomic E-state index is 11.7. The van der Waals surface area contributed by atoms with Crippen LogP contribution in [0.2, 0.25) is 0 Å². The van der Waals surface area contributed by atoms with Gasteiger partial charge in [-0.2, -0.15) is 0 Å². The normalized spacial score (nSPS) is 12.1. The number of ketones is 1. The zero-order valence-corrected chi connectivity index (χ0v) is 11.6. The Balaban J connectivity index is 3.96. The van der Waals surface area contributed by atoms with E-state index in [4.69, 9.17) is 4.74 Å². The summed E-state index contributed by atoms with van der Waals surface area (Å²) in [5, 5.41) is 2.63. The monoisotopic (exact) mass is 257 g/mol. The number of hydrogen-bond acceptors (Lipinski definition) is 4. The summed E-state index contributed by atoms with van der Waals surface area (Å²) in [6, 6.07) is -0.550. The van der Waals surface area contributed by atoms with Crippen LogP contribution in [0.3, 0.4) is 0 Å². The summed E-state index contributed by atoms with van der Waals surface area (Å²) in [6.45, 7) is 7.54. The average molecular weight is 257 g/mol. The molecule has 104 valence electrons. The van der Waals surface area contributed by atoms with Crippen LogP contribution in [0.25, 0.3) is 0 Å². The molecule has 0 aromatic rings. The molecule has 0 radical (unpaired) electrons. The molecule has 1 N–H and O–H groups in total. The molecule has 0 aromatic heterocycles. The standard InChI is InChI=1S/C13H23NO4/c1-5-18-13(17)7-6-11(15)10(4)14-12(16)8-9(2)3/h9-10H,5-8H2,1-4H3,(H,14,16). The molecular weight excluding hydrogens is 234 g/mol. The second-order valence-corrected chi connectivity index (χ2v) is 4.66. The van der Waals surface area contributed by atoms with E-state index in [9.17, 15) is 14.4 Å². The lowest BCUT2D eigenvalue weighted by Crippen LogP contribution is -2.39. The molecule has 0 saturated carbocycles. The number of hydrogen-bond donors (Lipinski definition) is 1. The van der Waals surface area contributed by atoms with Gasteiger partial charge in [0.1, 0.15) is 0 Å². The highest BCUT2D eigenvalue weighted by molar-refractivity contribution is 5.90. The maximum absolute atomic E-state index is 11.7. The lowest BCUT2D eigenvalue weighted by atomic mass is 10.1. The van der Waals surface area contributed by atoms with E-state index in [0.29, 0.717) is 13.0 Å². The molecule has 0 saturated heterocycles. The van der Waals surface area contributed by atoms with Gasteiger partial charge in [0.05, 0.1) is 19.1 Å². The summed E-state index contributed by atoms with van der Waals surface area (Å²) in [6.07, 6.45) is 0.564. The van der Waals surface area contributed by atoms with Crippen molar-refractivity contribution in [2.75, 3.05) is 6.61 Å². The van der Waals surface area contributed by atoms with E-state index in [2.05, 4.69) is 5.32 Å². The summed E-state index contributed by atoms with van der Waals surface area (Å²) in [7, 11) is 0. The number of amides is 1. The third-order valence-electron chi connectivity index (χ3n) is 2.33. The Hall–Kier alpha value is -1.39. The predicted octanol–water partition coefficient (Wildman–Crippen LogP) is 1.45. The lowest BCUT2D eigenvalue weighted by molar-refractivity contribution is -0.144. The minimum Gasteiger partial charge on any atom is -0.466 e. The molecule has 1 atom stereocenters. The Morgan fingerprint density at radius 1 is 1.11 bits per heavy atom. The minimum absolute atomic E-state index is 0.0665. The molecule has 0 rings (SSSR count). The highest BCUT2D eigenvalue weighted by Crippen LogP contribution is 2.02. The molecule has 5 heteroatoms. The number of Topliss-reactive ketones (excluding diaryl/α,β-unsaturated/α-hetero) is 1. The van der Waals surface area contributed by atoms with E-state index >= 15 is 0 Å². The molecule has 18 heavy (non-hydrogen) atoms. The fourth-order valence-corrected chi connectivity index (χ4v) is 1.43. The number of rotatable bonds is 8. The van der Waals surface area contributed by atoms with Crippen LogP contribution in [-0.4, -0.2) is 30.3 Å². The van der Waals surface area contributed by atoms with Crippen LogP contribution in [-0.2, 0) is 19.1 Å². The zero-order valence-electron chi connectivity index (χ0n) is 11.6. The Kier molecular flexibility index (Phi) is 8.00. The van der Waals surface area contributed by atoms with Gasteiger partial charge < -0.3 is 10.1 Å². The van der Waals surface area contributed by atoms with Crippen molar-refractivity contribution in [1.82, 2.24) is 5.32 Å². The van der Waals surface area contributed by atoms with Gasteiger partial charge in [-0.15, -0.1) is 0 Å². The highest BCUT2D eigenvalue weighted by atomic mass is 16.5. The average Bonchev–Trinajstić information content (AvgIpc) is 2.24. The molecule has 0 aliphatic heterocycles. The molecule has 0 heterocycles. The molecule has 0 aliphatic carbocycles. The number of ether oxygens (including phenoxy) is 1. The van der Waals surface area contributed by atoms with Crippen molar-refractivity contribution in [2.45, 2.75) is 53.0 Å². The van der Waals surface area contributed by atoms with E-state index in [1.807, 2.05) is 13.8 Å². The van der Waals surface area contributed by atoms with Crippen LogP contribution >= 0.6 is 0 Å². The number of carbonyl (C=O) groups excluding carboxylic acids is 3. The summed E-state index contributed by atoms with van der Waals surface area (Å²) in [4.78, 5) is 34.2. The Labute approximate surface area is 108 Å². The van der Waals surface area contributed by atoms with Gasteiger partial charge in [0.15, 0.2) is 5.78 Å². The van der Waals surface area contributed by atoms with Crippen LogP contribution < -0.4 is 5.32 Å². The fourth-order valence-electron chi connectivity index (χ4n) is 1.43. The smallest absolute Gasteiger partial charge is 0.306 e. The van der Waals surface area contributed by atoms with Crippen molar-refractivity contribution < 1.29 is 19.1 Å². The SMILES string of the molecule is CCOC(=O)CCC(=O)C(C)NC(=O)CC(C)C. The van der Waals surface area contributed by atoms with Crippen LogP contribution in [0.1, 0.15) is 47.0 Å². The Morgan fingerprint density at radius 3 is 2.22 bits per heavy atom. The van der Waals surface area contributed by atoms with Gasteiger partial charge in [0.2, 0.25) is 5.91 Å². The van der Waals surface area contributed by atoms with Gasteiger partial charge in [0.25, 0.3) is 0 Å². The highest BCUT2D eigenvalue weighted by Gasteiger charge is 2.17. The lowest BCUT2D eigenvalue weighted by Gasteiger charge is -2.13. The van der Waals surface area contributed by atoms with Gasteiger partial charge in [-0.25, -0.2) is 0 Å². The van der Waals surface area contributed by atoms with E-state index in [-0.39, 0.29) is 36.4 Å². The summed E-state index contributed by atoms with van der Waals surface area (Å²) in [5.41, 5.74) is 0. The van der Waals surface area contributed by atoms with Crippen molar-refractivity contribution in [3.05, 3.63) is 0 Å². The van der Waals surface area contributed by atoms with Gasteiger partial charge in [0, 0.05) is 12.8 Å². The molecule has 0 spiro atoms. The molecule has 5 nitrogen and oxygen atoms in total. The van der Waals surface area contributed by atoms with Gasteiger partial charge in [-0.1, -0.05) is 13.8 Å². The first-order valence-corrected chi connectivity index (χ1v) is 6.34. The number of nitrogens with one attached hydrogen (secondary N) is 1. The zero-order chi connectivity index (χ0) is 14.1. The molecule has 1 amide bonds. The molecule has 0 aromatic carbocycles. The summed E-state index contributed by atoms with van der Waals surface area (Å²) < 4.78 is 4.73. The number of carbonyl (C=O) groups is 3. The van der Waals surface area contributed by atoms with Crippen molar-refractivity contribution in [1.29, 1.82) is 0 Å². The fraction of sp³-hybridized carbons (Fsp3) is 0.769. The molecule has 0 fully saturated rings. The van der Waals surface area contributed by atoms with E-state index in [1.54, 1.807) is 13.8 Å². The summed E-state index contributed by atoms with van der Waals surface area (Å²) in [5.74, 6) is -0.416. The van der Waals surface area contributed by atoms with Crippen molar-refractivity contribution in [3.8, 4) is 0 Å². The largest absolute Gasteiger partial charge is 0.466 e. The van der Waals surface area contributed by atoms with E-state index < -0.39 is 6.04 Å². The van der Waals surface area contributed by atoms with E-state index in [1.165, 1.54) is 0 Å². The molecule has 0 aliphatic rings. The second-order valence-electron chi connectivity index (χ2n) is 4.66. The van der Waals surface area contributed by atoms with Gasteiger partial charge in [-0.05, 0) is 19.8 Å². The van der Waals surface area contributed by atoms with E-state index in [0.717, 1.165) is 0 Å². The van der Waals surface area contributed by atoms with Crippen LogP contribution in [0.5, 0.6) is 0 Å². The Morgan fingerprint density at radius 2 is 1.72 bits per heavy atom. The number of esters is 1. The Bertz CT molecular complexity index is 299. The first kappa shape index (κ1) is 16.6. The maximum Gasteiger partial charge on any atom is 0.306 e. The summed E-state index contributed by atoms with van der Waals surface area (Å²) >= 11 is 0. The van der Waals surface area contributed by atoms with Crippen LogP contribution in [0, 0.1) is 5.92 Å². The van der Waals surface area contributed by atoms with Gasteiger partial charge >= 0.3 is 5.97 Å². The molecular formula is C13H23NO4. The molecule has 1 unspecified atom stereocenters. The second kappa shape index (κ2) is 8.66. The first-order chi connectivity index (χ1) is 8.36. The topological polar surface area (TPSA) is 72.5 Å². The van der Waals surface area contributed by atoms with Gasteiger partial charge in [-0.3, -0.25) is 14.4 Å². The third kappa shape index (κ3) is 7.81. The van der Waals surface area contributed by atoms with Crippen LogP contribution in [0.15, 0.2) is 0 Å². The van der Waals surface area contributed by atoms with Crippen molar-refractivity contribution >= 4 is 17.7 Å². The minimum atomic E-state index is -0.550. The predicted molar refractivity (Wildman–Crippen MR) is 67.9 cm³/mol.